The predicted molar refractivity (Wildman–Crippen MR) is 90.0 cm³/mol. The molecule has 0 aliphatic heterocycles. The maximum atomic E-state index is 11.8. The van der Waals surface area contributed by atoms with Gasteiger partial charge in [0.15, 0.2) is 4.34 Å². The molecule has 0 aliphatic rings. The first kappa shape index (κ1) is 16.0. The van der Waals surface area contributed by atoms with Crippen molar-refractivity contribution in [2.24, 2.45) is 0 Å². The van der Waals surface area contributed by atoms with Crippen LogP contribution in [0, 0.1) is 0 Å². The van der Waals surface area contributed by atoms with Crippen LogP contribution in [0.1, 0.15) is 5.56 Å². The Balaban J connectivity index is 2.06. The Labute approximate surface area is 138 Å². The average molecular weight is 386 g/mol. The lowest BCUT2D eigenvalue weighted by atomic mass is 10.2. The highest BCUT2D eigenvalue weighted by Crippen LogP contribution is 2.25. The summed E-state index contributed by atoms with van der Waals surface area (Å²) in [5.74, 6) is 0.434. The van der Waals surface area contributed by atoms with Crippen LogP contribution in [0.2, 0.25) is 0 Å². The van der Waals surface area contributed by atoms with Gasteiger partial charge in [0.2, 0.25) is 11.0 Å². The molecular formula is C13H12BrN3O2S2. The number of benzene rings is 1. The van der Waals surface area contributed by atoms with Crippen molar-refractivity contribution >= 4 is 56.1 Å². The zero-order chi connectivity index (χ0) is 15.2. The molecule has 0 saturated carbocycles. The van der Waals surface area contributed by atoms with E-state index in [1.807, 2.05) is 24.5 Å². The maximum Gasteiger partial charge on any atom is 0.250 e. The molecule has 0 fully saturated rings. The standard InChI is InChI=1S/C13H12BrN3O2S2/c1-19-10-5-4-9(14)7-8(10)3-6-11(18)15-12-16-17-13(20-2)21-12/h3-7H,1-2H3,(H,15,16,18)/b6-3+. The minimum Gasteiger partial charge on any atom is -0.496 e. The first-order valence-corrected chi connectivity index (χ1v) is 8.66. The Bertz CT molecular complexity index is 673. The zero-order valence-electron chi connectivity index (χ0n) is 11.3. The van der Waals surface area contributed by atoms with E-state index in [4.69, 9.17) is 4.74 Å². The van der Waals surface area contributed by atoms with Crippen molar-refractivity contribution in [3.8, 4) is 5.75 Å². The molecule has 8 heteroatoms. The molecule has 1 amide bonds. The average Bonchev–Trinajstić information content (AvgIpc) is 2.93. The number of thioether (sulfide) groups is 1. The number of hydrogen-bond acceptors (Lipinski definition) is 6. The fourth-order valence-electron chi connectivity index (χ4n) is 1.49. The van der Waals surface area contributed by atoms with Gasteiger partial charge >= 0.3 is 0 Å². The highest BCUT2D eigenvalue weighted by atomic mass is 79.9. The predicted octanol–water partition coefficient (Wildman–Crippen LogP) is 3.68. The molecule has 1 aromatic carbocycles. The second-order valence-corrected chi connectivity index (χ2v) is 6.73. The van der Waals surface area contributed by atoms with E-state index in [9.17, 15) is 4.79 Å². The molecule has 0 saturated heterocycles. The van der Waals surface area contributed by atoms with E-state index in [1.54, 1.807) is 13.2 Å². The molecule has 110 valence electrons. The summed E-state index contributed by atoms with van der Waals surface area (Å²) in [5, 5.41) is 10.9. The summed E-state index contributed by atoms with van der Waals surface area (Å²) in [7, 11) is 1.59. The number of rotatable bonds is 5. The smallest absolute Gasteiger partial charge is 0.250 e. The molecule has 5 nitrogen and oxygen atoms in total. The number of aromatic nitrogens is 2. The number of halogens is 1. The maximum absolute atomic E-state index is 11.8. The van der Waals surface area contributed by atoms with Crippen LogP contribution in [0.25, 0.3) is 6.08 Å². The number of nitrogens with zero attached hydrogens (tertiary/aromatic N) is 2. The number of ether oxygens (including phenoxy) is 1. The van der Waals surface area contributed by atoms with E-state index in [0.717, 1.165) is 14.4 Å². The second kappa shape index (κ2) is 7.58. The summed E-state index contributed by atoms with van der Waals surface area (Å²) >= 11 is 6.21. The van der Waals surface area contributed by atoms with Crippen molar-refractivity contribution in [2.45, 2.75) is 4.34 Å². The number of nitrogens with one attached hydrogen (secondary N) is 1. The third kappa shape index (κ3) is 4.55. The molecule has 0 radical (unpaired) electrons. The molecule has 2 aromatic rings. The van der Waals surface area contributed by atoms with E-state index in [2.05, 4.69) is 31.4 Å². The van der Waals surface area contributed by atoms with Gasteiger partial charge in [0.05, 0.1) is 7.11 Å². The van der Waals surface area contributed by atoms with Crippen molar-refractivity contribution in [2.75, 3.05) is 18.7 Å². The Kier molecular flexibility index (Phi) is 5.77. The van der Waals surface area contributed by atoms with Crippen LogP contribution in [-0.2, 0) is 4.79 Å². The Hall–Kier alpha value is -1.38. The molecule has 2 rings (SSSR count). The van der Waals surface area contributed by atoms with Crippen LogP contribution >= 0.6 is 39.0 Å². The normalized spacial score (nSPS) is 10.8. The molecule has 0 atom stereocenters. The minimum atomic E-state index is -0.263. The number of methoxy groups -OCH3 is 1. The molecule has 1 aromatic heterocycles. The number of hydrogen-bond donors (Lipinski definition) is 1. The zero-order valence-corrected chi connectivity index (χ0v) is 14.5. The topological polar surface area (TPSA) is 64.1 Å². The van der Waals surface area contributed by atoms with Crippen LogP contribution in [0.4, 0.5) is 5.13 Å². The number of carbonyl (C=O) groups excluding carboxylic acids is 1. The summed E-state index contributed by atoms with van der Waals surface area (Å²) in [6.07, 6.45) is 5.03. The molecule has 21 heavy (non-hydrogen) atoms. The summed E-state index contributed by atoms with van der Waals surface area (Å²) < 4.78 is 6.96. The van der Waals surface area contributed by atoms with Gasteiger partial charge in [-0.15, -0.1) is 10.2 Å². The van der Waals surface area contributed by atoms with Gasteiger partial charge in [0.25, 0.3) is 0 Å². The SMILES string of the molecule is COc1ccc(Br)cc1/C=C/C(=O)Nc1nnc(SC)s1. The number of anilines is 1. The highest BCUT2D eigenvalue weighted by molar-refractivity contribution is 9.10. The quantitative estimate of drug-likeness (QED) is 0.483. The monoisotopic (exact) mass is 385 g/mol. The van der Waals surface area contributed by atoms with Crippen LogP contribution < -0.4 is 10.1 Å². The second-order valence-electron chi connectivity index (χ2n) is 3.79. The first-order valence-electron chi connectivity index (χ1n) is 5.82. The third-order valence-corrected chi connectivity index (χ3v) is 4.72. The van der Waals surface area contributed by atoms with Gasteiger partial charge in [-0.25, -0.2) is 0 Å². The molecule has 0 unspecified atom stereocenters. The Morgan fingerprint density at radius 1 is 1.48 bits per heavy atom. The Morgan fingerprint density at radius 3 is 2.95 bits per heavy atom. The first-order chi connectivity index (χ1) is 10.1. The van der Waals surface area contributed by atoms with Gasteiger partial charge in [-0.2, -0.15) is 0 Å². The van der Waals surface area contributed by atoms with Crippen molar-refractivity contribution in [3.63, 3.8) is 0 Å². The molecule has 0 bridgehead atoms. The van der Waals surface area contributed by atoms with Crippen LogP contribution in [-0.4, -0.2) is 29.5 Å². The van der Waals surface area contributed by atoms with E-state index >= 15 is 0 Å². The molecule has 1 heterocycles. The lowest BCUT2D eigenvalue weighted by Crippen LogP contribution is -2.07. The molecule has 0 spiro atoms. The molecule has 0 aliphatic carbocycles. The summed E-state index contributed by atoms with van der Waals surface area (Å²) in [4.78, 5) is 11.8. The van der Waals surface area contributed by atoms with Gasteiger partial charge in [-0.3, -0.25) is 10.1 Å². The minimum absolute atomic E-state index is 0.263. The van der Waals surface area contributed by atoms with E-state index in [1.165, 1.54) is 29.2 Å². The lowest BCUT2D eigenvalue weighted by Gasteiger charge is -2.04. The summed E-state index contributed by atoms with van der Waals surface area (Å²) in [6.45, 7) is 0. The fourth-order valence-corrected chi connectivity index (χ4v) is 3.04. The van der Waals surface area contributed by atoms with Gasteiger partial charge in [0, 0.05) is 16.1 Å². The van der Waals surface area contributed by atoms with Crippen LogP contribution in [0.3, 0.4) is 0 Å². The number of carbonyl (C=O) groups is 1. The van der Waals surface area contributed by atoms with Crippen LogP contribution in [0.15, 0.2) is 33.1 Å². The highest BCUT2D eigenvalue weighted by Gasteiger charge is 2.06. The lowest BCUT2D eigenvalue weighted by molar-refractivity contribution is -0.111. The van der Waals surface area contributed by atoms with Crippen LogP contribution in [0.5, 0.6) is 5.75 Å². The van der Waals surface area contributed by atoms with E-state index in [-0.39, 0.29) is 5.91 Å². The molecular weight excluding hydrogens is 374 g/mol. The van der Waals surface area contributed by atoms with Crippen molar-refractivity contribution in [3.05, 3.63) is 34.3 Å². The van der Waals surface area contributed by atoms with Gasteiger partial charge in [0.1, 0.15) is 5.75 Å². The summed E-state index contributed by atoms with van der Waals surface area (Å²) in [5.41, 5.74) is 0.809. The third-order valence-electron chi connectivity index (χ3n) is 2.42. The fraction of sp³-hybridized carbons (Fsp3) is 0.154. The van der Waals surface area contributed by atoms with E-state index in [0.29, 0.717) is 10.9 Å². The molecule has 1 N–H and O–H groups in total. The van der Waals surface area contributed by atoms with Crippen molar-refractivity contribution in [1.29, 1.82) is 0 Å². The van der Waals surface area contributed by atoms with Gasteiger partial charge in [-0.05, 0) is 30.5 Å². The van der Waals surface area contributed by atoms with E-state index < -0.39 is 0 Å². The Morgan fingerprint density at radius 2 is 2.29 bits per heavy atom. The largest absolute Gasteiger partial charge is 0.496 e. The summed E-state index contributed by atoms with van der Waals surface area (Å²) in [6, 6.07) is 5.58. The number of amides is 1. The van der Waals surface area contributed by atoms with Crippen molar-refractivity contribution in [1.82, 2.24) is 10.2 Å². The van der Waals surface area contributed by atoms with Gasteiger partial charge in [-0.1, -0.05) is 39.0 Å². The van der Waals surface area contributed by atoms with Crippen molar-refractivity contribution < 1.29 is 9.53 Å². The van der Waals surface area contributed by atoms with Gasteiger partial charge < -0.3 is 4.74 Å².